The number of carbonyl (C=O) groups is 1. The van der Waals surface area contributed by atoms with Gasteiger partial charge in [-0.15, -0.1) is 0 Å². The van der Waals surface area contributed by atoms with Gasteiger partial charge in [-0.3, -0.25) is 4.79 Å². The second-order valence-corrected chi connectivity index (χ2v) is 6.39. The molecule has 1 aromatic rings. The number of halogens is 2. The van der Waals surface area contributed by atoms with Crippen molar-refractivity contribution in [1.29, 1.82) is 0 Å². The maximum atomic E-state index is 12.0. The number of ether oxygens (including phenoxy) is 2. The molecule has 1 atom stereocenters. The highest BCUT2D eigenvalue weighted by molar-refractivity contribution is 6.35. The third kappa shape index (κ3) is 5.84. The van der Waals surface area contributed by atoms with Crippen molar-refractivity contribution >= 4 is 29.1 Å². The molecule has 0 spiro atoms. The highest BCUT2D eigenvalue weighted by Crippen LogP contribution is 2.27. The predicted octanol–water partition coefficient (Wildman–Crippen LogP) is 2.63. The number of hydrogen-bond donors (Lipinski definition) is 2. The molecule has 128 valence electrons. The summed E-state index contributed by atoms with van der Waals surface area (Å²) in [6.07, 6.45) is 2.35. The Bertz CT molecular complexity index is 522. The van der Waals surface area contributed by atoms with Gasteiger partial charge >= 0.3 is 0 Å². The Morgan fingerprint density at radius 2 is 2.13 bits per heavy atom. The molecule has 23 heavy (non-hydrogen) atoms. The monoisotopic (exact) mass is 360 g/mol. The molecule has 7 heteroatoms. The number of nitrogens with one attached hydrogen (secondary N) is 1. The maximum absolute atomic E-state index is 12.0. The van der Waals surface area contributed by atoms with E-state index in [4.69, 9.17) is 38.4 Å². The molecule has 0 aromatic heterocycles. The summed E-state index contributed by atoms with van der Waals surface area (Å²) in [5.41, 5.74) is 6.00. The van der Waals surface area contributed by atoms with E-state index >= 15 is 0 Å². The van der Waals surface area contributed by atoms with Crippen LogP contribution in [0.5, 0.6) is 5.75 Å². The van der Waals surface area contributed by atoms with Crippen molar-refractivity contribution in [3.05, 3.63) is 28.2 Å². The van der Waals surface area contributed by atoms with Crippen molar-refractivity contribution in [2.75, 3.05) is 26.4 Å². The normalized spacial score (nSPS) is 16.8. The Morgan fingerprint density at radius 1 is 1.39 bits per heavy atom. The molecule has 1 unspecified atom stereocenters. The molecule has 1 saturated heterocycles. The van der Waals surface area contributed by atoms with E-state index in [0.29, 0.717) is 48.6 Å². The lowest BCUT2D eigenvalue weighted by Crippen LogP contribution is -2.47. The van der Waals surface area contributed by atoms with Crippen LogP contribution in [0.4, 0.5) is 0 Å². The number of hydrogen-bond acceptors (Lipinski definition) is 4. The Labute approximate surface area is 146 Å². The molecule has 3 N–H and O–H groups in total. The quantitative estimate of drug-likeness (QED) is 0.733. The molecule has 5 nitrogen and oxygen atoms in total. The Morgan fingerprint density at radius 3 is 2.83 bits per heavy atom. The lowest BCUT2D eigenvalue weighted by atomic mass is 9.92. The van der Waals surface area contributed by atoms with Crippen molar-refractivity contribution in [3.8, 4) is 5.75 Å². The van der Waals surface area contributed by atoms with Gasteiger partial charge in [0.25, 0.3) is 0 Å². The van der Waals surface area contributed by atoms with Gasteiger partial charge < -0.3 is 20.5 Å². The van der Waals surface area contributed by atoms with Crippen LogP contribution in [0, 0.1) is 5.92 Å². The van der Waals surface area contributed by atoms with Crippen LogP contribution in [0.2, 0.25) is 10.0 Å². The highest BCUT2D eigenvalue weighted by atomic mass is 35.5. The smallest absolute Gasteiger partial charge is 0.237 e. The van der Waals surface area contributed by atoms with Crippen molar-refractivity contribution in [2.24, 2.45) is 11.7 Å². The zero-order chi connectivity index (χ0) is 16.7. The molecule has 1 aromatic carbocycles. The average molecular weight is 361 g/mol. The van der Waals surface area contributed by atoms with E-state index < -0.39 is 6.04 Å². The second kappa shape index (κ2) is 9.33. The fraction of sp³-hybridized carbons (Fsp3) is 0.562. The fourth-order valence-electron chi connectivity index (χ4n) is 2.47. The molecule has 1 aliphatic rings. The van der Waals surface area contributed by atoms with E-state index in [1.807, 2.05) is 0 Å². The SMILES string of the molecule is NC(C(=O)NCCCOc1ccc(Cl)cc1Cl)C1CCOCC1. The van der Waals surface area contributed by atoms with Crippen molar-refractivity contribution in [3.63, 3.8) is 0 Å². The summed E-state index contributed by atoms with van der Waals surface area (Å²) < 4.78 is 10.8. The van der Waals surface area contributed by atoms with Crippen LogP contribution in [-0.2, 0) is 9.53 Å². The number of rotatable bonds is 7. The van der Waals surface area contributed by atoms with Gasteiger partial charge in [-0.05, 0) is 43.4 Å². The summed E-state index contributed by atoms with van der Waals surface area (Å²) in [7, 11) is 0. The van der Waals surface area contributed by atoms with Crippen LogP contribution in [0.1, 0.15) is 19.3 Å². The molecule has 1 aliphatic heterocycles. The molecule has 0 radical (unpaired) electrons. The van der Waals surface area contributed by atoms with Gasteiger partial charge in [-0.1, -0.05) is 23.2 Å². The molecule has 0 saturated carbocycles. The fourth-order valence-corrected chi connectivity index (χ4v) is 2.93. The largest absolute Gasteiger partial charge is 0.492 e. The zero-order valence-electron chi connectivity index (χ0n) is 12.9. The molecular formula is C16H22Cl2N2O3. The van der Waals surface area contributed by atoms with Crippen molar-refractivity contribution in [2.45, 2.75) is 25.3 Å². The minimum atomic E-state index is -0.467. The lowest BCUT2D eigenvalue weighted by Gasteiger charge is -2.26. The number of nitrogens with two attached hydrogens (primary N) is 1. The van der Waals surface area contributed by atoms with E-state index in [9.17, 15) is 4.79 Å². The average Bonchev–Trinajstić information content (AvgIpc) is 2.56. The summed E-state index contributed by atoms with van der Waals surface area (Å²) in [5, 5.41) is 3.89. The van der Waals surface area contributed by atoms with Gasteiger partial charge in [0.05, 0.1) is 17.7 Å². The molecule has 0 bridgehead atoms. The Balaban J connectivity index is 1.63. The topological polar surface area (TPSA) is 73.6 Å². The standard InChI is InChI=1S/C16H22Cl2N2O3/c17-12-2-3-14(13(18)10-12)23-7-1-6-20-16(21)15(19)11-4-8-22-9-5-11/h2-3,10-11,15H,1,4-9,19H2,(H,20,21). The molecule has 1 amide bonds. The first kappa shape index (κ1) is 18.3. The minimum absolute atomic E-state index is 0.110. The summed E-state index contributed by atoms with van der Waals surface area (Å²) in [6, 6.07) is 4.61. The van der Waals surface area contributed by atoms with E-state index in [2.05, 4.69) is 5.32 Å². The van der Waals surface area contributed by atoms with Crippen molar-refractivity contribution in [1.82, 2.24) is 5.32 Å². The number of amides is 1. The van der Waals surface area contributed by atoms with Crippen LogP contribution < -0.4 is 15.8 Å². The van der Waals surface area contributed by atoms with E-state index in [-0.39, 0.29) is 11.8 Å². The van der Waals surface area contributed by atoms with E-state index in [1.165, 1.54) is 0 Å². The molecular weight excluding hydrogens is 339 g/mol. The molecule has 2 rings (SSSR count). The van der Waals surface area contributed by atoms with E-state index in [1.54, 1.807) is 18.2 Å². The third-order valence-electron chi connectivity index (χ3n) is 3.85. The van der Waals surface area contributed by atoms with E-state index in [0.717, 1.165) is 12.8 Å². The van der Waals surface area contributed by atoms with Gasteiger partial charge in [-0.25, -0.2) is 0 Å². The summed E-state index contributed by atoms with van der Waals surface area (Å²) in [5.74, 6) is 0.676. The summed E-state index contributed by atoms with van der Waals surface area (Å²) in [4.78, 5) is 12.0. The van der Waals surface area contributed by atoms with Crippen LogP contribution in [0.15, 0.2) is 18.2 Å². The van der Waals surface area contributed by atoms with Crippen molar-refractivity contribution < 1.29 is 14.3 Å². The lowest BCUT2D eigenvalue weighted by molar-refractivity contribution is -0.124. The Hall–Kier alpha value is -1.01. The molecule has 1 fully saturated rings. The van der Waals surface area contributed by atoms with Gasteiger partial charge in [0, 0.05) is 24.8 Å². The first-order valence-corrected chi connectivity index (χ1v) is 8.52. The summed E-state index contributed by atoms with van der Waals surface area (Å²) >= 11 is 11.8. The van der Waals surface area contributed by atoms with Crippen LogP contribution in [-0.4, -0.2) is 38.3 Å². The zero-order valence-corrected chi connectivity index (χ0v) is 14.4. The van der Waals surface area contributed by atoms with Gasteiger partial charge in [0.1, 0.15) is 5.75 Å². The summed E-state index contributed by atoms with van der Waals surface area (Å²) in [6.45, 7) is 2.33. The third-order valence-corrected chi connectivity index (χ3v) is 4.38. The first-order chi connectivity index (χ1) is 11.1. The van der Waals surface area contributed by atoms with Crippen LogP contribution in [0.3, 0.4) is 0 Å². The molecule has 1 heterocycles. The number of benzene rings is 1. The maximum Gasteiger partial charge on any atom is 0.237 e. The van der Waals surface area contributed by atoms with Gasteiger partial charge in [-0.2, -0.15) is 0 Å². The molecule has 0 aliphatic carbocycles. The first-order valence-electron chi connectivity index (χ1n) is 7.77. The number of carbonyl (C=O) groups excluding carboxylic acids is 1. The van der Waals surface area contributed by atoms with Crippen LogP contribution in [0.25, 0.3) is 0 Å². The highest BCUT2D eigenvalue weighted by Gasteiger charge is 2.26. The predicted molar refractivity (Wildman–Crippen MR) is 91.1 cm³/mol. The van der Waals surface area contributed by atoms with Crippen LogP contribution >= 0.6 is 23.2 Å². The van der Waals surface area contributed by atoms with Gasteiger partial charge in [0.2, 0.25) is 5.91 Å². The van der Waals surface area contributed by atoms with Gasteiger partial charge in [0.15, 0.2) is 0 Å². The second-order valence-electron chi connectivity index (χ2n) is 5.54. The Kier molecular flexibility index (Phi) is 7.43. The minimum Gasteiger partial charge on any atom is -0.492 e.